The molecule has 5 nitrogen and oxygen atoms in total. The summed E-state index contributed by atoms with van der Waals surface area (Å²) in [6.07, 6.45) is 0. The van der Waals surface area contributed by atoms with Gasteiger partial charge in [-0.3, -0.25) is 4.79 Å². The van der Waals surface area contributed by atoms with Crippen LogP contribution in [-0.4, -0.2) is 25.2 Å². The second kappa shape index (κ2) is 8.14. The molecule has 0 aliphatic heterocycles. The van der Waals surface area contributed by atoms with Gasteiger partial charge >= 0.3 is 0 Å². The molecule has 3 aromatic rings. The largest absolute Gasteiger partial charge is 0.356 e. The van der Waals surface area contributed by atoms with Gasteiger partial charge in [0, 0.05) is 29.3 Å². The fourth-order valence-electron chi connectivity index (χ4n) is 3.02. The first-order chi connectivity index (χ1) is 13.0. The van der Waals surface area contributed by atoms with E-state index in [1.54, 1.807) is 19.2 Å². The molecule has 27 heavy (non-hydrogen) atoms. The molecule has 0 bridgehead atoms. The lowest BCUT2D eigenvalue weighted by Gasteiger charge is -2.13. The average molecular weight is 368 g/mol. The third kappa shape index (κ3) is 4.41. The lowest BCUT2D eigenvalue weighted by Crippen LogP contribution is -3.06. The number of carbonyl (C=O) groups is 1. The summed E-state index contributed by atoms with van der Waals surface area (Å²) in [5.74, 6) is 0.310. The number of nitrogens with one attached hydrogen (secondary N) is 2. The zero-order chi connectivity index (χ0) is 19.4. The molecule has 1 atom stereocenters. The van der Waals surface area contributed by atoms with Crippen LogP contribution in [0.15, 0.2) is 53.1 Å². The molecule has 0 fully saturated rings. The minimum absolute atomic E-state index is 0.0891. The summed E-state index contributed by atoms with van der Waals surface area (Å²) in [5.41, 5.74) is 4.45. The van der Waals surface area contributed by atoms with Gasteiger partial charge < -0.3 is 14.7 Å². The molecule has 0 aliphatic carbocycles. The third-order valence-electron chi connectivity index (χ3n) is 4.55. The number of halogens is 1. The number of amides is 1. The number of benzene rings is 2. The van der Waals surface area contributed by atoms with Crippen molar-refractivity contribution in [3.05, 3.63) is 76.7 Å². The van der Waals surface area contributed by atoms with Crippen LogP contribution in [0.5, 0.6) is 0 Å². The molecule has 140 valence electrons. The van der Waals surface area contributed by atoms with Gasteiger partial charge in [-0.15, -0.1) is 0 Å². The molecule has 0 radical (unpaired) electrons. The number of carbonyl (C=O) groups excluding carboxylic acids is 1. The quantitative estimate of drug-likeness (QED) is 0.702. The summed E-state index contributed by atoms with van der Waals surface area (Å²) in [6.45, 7) is 3.47. The average Bonchev–Trinajstić information content (AvgIpc) is 3.02. The predicted molar refractivity (Wildman–Crippen MR) is 101 cm³/mol. The van der Waals surface area contributed by atoms with E-state index in [-0.39, 0.29) is 11.7 Å². The van der Waals surface area contributed by atoms with Crippen LogP contribution in [0.3, 0.4) is 0 Å². The van der Waals surface area contributed by atoms with E-state index in [0.717, 1.165) is 28.9 Å². The summed E-state index contributed by atoms with van der Waals surface area (Å²) < 4.78 is 18.6. The van der Waals surface area contributed by atoms with Crippen molar-refractivity contribution in [3.8, 4) is 11.3 Å². The van der Waals surface area contributed by atoms with Crippen LogP contribution in [-0.2, 0) is 13.1 Å². The Bertz CT molecular complexity index is 918. The second-order valence-corrected chi connectivity index (χ2v) is 6.68. The molecule has 0 saturated carbocycles. The maximum atomic E-state index is 13.1. The zero-order valence-electron chi connectivity index (χ0n) is 15.7. The topological polar surface area (TPSA) is 59.6 Å². The van der Waals surface area contributed by atoms with E-state index >= 15 is 0 Å². The predicted octanol–water partition coefficient (Wildman–Crippen LogP) is 2.36. The fourth-order valence-corrected chi connectivity index (χ4v) is 3.02. The van der Waals surface area contributed by atoms with Crippen molar-refractivity contribution in [3.63, 3.8) is 0 Å². The van der Waals surface area contributed by atoms with Gasteiger partial charge in [-0.1, -0.05) is 17.3 Å². The van der Waals surface area contributed by atoms with Crippen molar-refractivity contribution in [2.75, 3.05) is 14.1 Å². The Kier molecular flexibility index (Phi) is 5.66. The van der Waals surface area contributed by atoms with Gasteiger partial charge in [0.25, 0.3) is 5.91 Å². The number of quaternary nitrogens is 1. The van der Waals surface area contributed by atoms with Gasteiger partial charge in [-0.2, -0.15) is 0 Å². The maximum Gasteiger partial charge on any atom is 0.251 e. The Morgan fingerprint density at radius 1 is 1.11 bits per heavy atom. The van der Waals surface area contributed by atoms with Crippen molar-refractivity contribution in [2.24, 2.45) is 0 Å². The van der Waals surface area contributed by atoms with Gasteiger partial charge in [-0.25, -0.2) is 4.39 Å². The van der Waals surface area contributed by atoms with Crippen LogP contribution >= 0.6 is 0 Å². The van der Waals surface area contributed by atoms with E-state index in [2.05, 4.69) is 17.5 Å². The Hall–Kier alpha value is -2.99. The molecule has 0 saturated heterocycles. The Morgan fingerprint density at radius 3 is 2.41 bits per heavy atom. The molecule has 0 spiro atoms. The van der Waals surface area contributed by atoms with Crippen molar-refractivity contribution in [1.82, 2.24) is 10.5 Å². The lowest BCUT2D eigenvalue weighted by atomic mass is 10.1. The van der Waals surface area contributed by atoms with E-state index in [9.17, 15) is 9.18 Å². The molecule has 2 aromatic carbocycles. The van der Waals surface area contributed by atoms with Crippen molar-refractivity contribution in [1.29, 1.82) is 0 Å². The number of nitrogens with zero attached hydrogens (tertiary/aromatic N) is 1. The molecule has 1 unspecified atom stereocenters. The van der Waals surface area contributed by atoms with Crippen molar-refractivity contribution < 1.29 is 18.6 Å². The van der Waals surface area contributed by atoms with Gasteiger partial charge in [-0.05, 0) is 43.3 Å². The van der Waals surface area contributed by atoms with E-state index in [0.29, 0.717) is 17.9 Å². The van der Waals surface area contributed by atoms with Gasteiger partial charge in [0.15, 0.2) is 5.76 Å². The number of hydrogen-bond acceptors (Lipinski definition) is 3. The molecule has 1 amide bonds. The zero-order valence-corrected chi connectivity index (χ0v) is 15.7. The van der Waals surface area contributed by atoms with Crippen LogP contribution < -0.4 is 10.2 Å². The minimum Gasteiger partial charge on any atom is -0.356 e. The molecule has 2 N–H and O–H groups in total. The molecular formula is C21H23FN3O2+. The maximum absolute atomic E-state index is 13.1. The highest BCUT2D eigenvalue weighted by Gasteiger charge is 2.17. The molecule has 0 aliphatic rings. The van der Waals surface area contributed by atoms with E-state index in [1.165, 1.54) is 17.0 Å². The Labute approximate surface area is 157 Å². The standard InChI is InChI=1S/C21H22FN3O2/c1-14-19(24-27-20(14)16-8-10-18(22)11-9-16)13-25(3)12-15-4-6-17(7-5-15)21(26)23-2/h4-11H,12-13H2,1-3H3,(H,23,26)/p+1. The van der Waals surface area contributed by atoms with Crippen LogP contribution in [0.4, 0.5) is 4.39 Å². The molecule has 1 heterocycles. The first-order valence-electron chi connectivity index (χ1n) is 8.81. The highest BCUT2D eigenvalue weighted by Crippen LogP contribution is 2.25. The molecular weight excluding hydrogens is 345 g/mol. The Balaban J connectivity index is 1.67. The van der Waals surface area contributed by atoms with Crippen molar-refractivity contribution in [2.45, 2.75) is 20.0 Å². The summed E-state index contributed by atoms with van der Waals surface area (Å²) in [7, 11) is 3.70. The number of aromatic nitrogens is 1. The minimum atomic E-state index is -0.275. The number of rotatable bonds is 6. The van der Waals surface area contributed by atoms with Gasteiger partial charge in [0.2, 0.25) is 0 Å². The highest BCUT2D eigenvalue weighted by atomic mass is 19.1. The summed E-state index contributed by atoms with van der Waals surface area (Å²) in [6, 6.07) is 13.8. The summed E-state index contributed by atoms with van der Waals surface area (Å²) in [4.78, 5) is 12.8. The SMILES string of the molecule is CNC(=O)c1ccc(C[NH+](C)Cc2noc(-c3ccc(F)cc3)c2C)cc1. The first-order valence-corrected chi connectivity index (χ1v) is 8.81. The van der Waals surface area contributed by atoms with Crippen molar-refractivity contribution >= 4 is 5.91 Å². The van der Waals surface area contributed by atoms with Crippen LogP contribution in [0.2, 0.25) is 0 Å². The fraction of sp³-hybridized carbons (Fsp3) is 0.238. The molecule has 1 aromatic heterocycles. The summed E-state index contributed by atoms with van der Waals surface area (Å²) >= 11 is 0. The number of hydrogen-bond donors (Lipinski definition) is 2. The smallest absolute Gasteiger partial charge is 0.251 e. The molecule has 3 rings (SSSR count). The normalized spacial score (nSPS) is 12.0. The lowest BCUT2D eigenvalue weighted by molar-refractivity contribution is -0.908. The van der Waals surface area contributed by atoms with Gasteiger partial charge in [0.1, 0.15) is 24.6 Å². The van der Waals surface area contributed by atoms with E-state index in [1.807, 2.05) is 31.2 Å². The van der Waals surface area contributed by atoms with Crippen LogP contribution in [0.1, 0.15) is 27.2 Å². The first kappa shape index (κ1) is 18.8. The van der Waals surface area contributed by atoms with E-state index in [4.69, 9.17) is 4.52 Å². The van der Waals surface area contributed by atoms with E-state index < -0.39 is 0 Å². The monoisotopic (exact) mass is 368 g/mol. The highest BCUT2D eigenvalue weighted by molar-refractivity contribution is 5.93. The second-order valence-electron chi connectivity index (χ2n) is 6.68. The third-order valence-corrected chi connectivity index (χ3v) is 4.55. The van der Waals surface area contributed by atoms with Gasteiger partial charge in [0.05, 0.1) is 7.05 Å². The van der Waals surface area contributed by atoms with Crippen LogP contribution in [0, 0.1) is 12.7 Å². The summed E-state index contributed by atoms with van der Waals surface area (Å²) in [5, 5.41) is 6.82. The molecule has 6 heteroatoms. The van der Waals surface area contributed by atoms with Crippen LogP contribution in [0.25, 0.3) is 11.3 Å². The Morgan fingerprint density at radius 2 is 1.78 bits per heavy atom.